The summed E-state index contributed by atoms with van der Waals surface area (Å²) in [5, 5.41) is 3.13. The molecule has 0 aromatic heterocycles. The molecule has 5 atom stereocenters. The van der Waals surface area contributed by atoms with Crippen LogP contribution in [0.4, 0.5) is 0 Å². The lowest BCUT2D eigenvalue weighted by atomic mass is 9.84. The quantitative estimate of drug-likeness (QED) is 0.750. The van der Waals surface area contributed by atoms with E-state index in [9.17, 15) is 4.79 Å². The van der Waals surface area contributed by atoms with Crippen LogP contribution in [0.1, 0.15) is 39.0 Å². The third-order valence-electron chi connectivity index (χ3n) is 4.83. The minimum atomic E-state index is -0.155. The molecule has 104 valence electrons. The summed E-state index contributed by atoms with van der Waals surface area (Å²) in [5.74, 6) is 2.53. The van der Waals surface area contributed by atoms with Crippen LogP contribution in [0.25, 0.3) is 0 Å². The van der Waals surface area contributed by atoms with E-state index in [0.717, 1.165) is 11.8 Å². The van der Waals surface area contributed by atoms with Crippen LogP contribution in [-0.4, -0.2) is 31.7 Å². The molecule has 2 fully saturated rings. The highest BCUT2D eigenvalue weighted by molar-refractivity contribution is 5.76. The Hall–Kier alpha value is -0.610. The lowest BCUT2D eigenvalue weighted by Crippen LogP contribution is -2.42. The summed E-state index contributed by atoms with van der Waals surface area (Å²) in [7, 11) is 1.60. The normalized spacial score (nSPS) is 33.4. The Kier molecular flexibility index (Phi) is 4.62. The summed E-state index contributed by atoms with van der Waals surface area (Å²) in [6.07, 6.45) is 5.67. The molecule has 2 saturated carbocycles. The van der Waals surface area contributed by atoms with Gasteiger partial charge in [0.15, 0.2) is 0 Å². The number of fused-ring (bicyclic) bond motifs is 2. The molecule has 0 aromatic carbocycles. The Bertz CT molecular complexity index is 292. The molecule has 0 saturated heterocycles. The fraction of sp³-hybridized carbons (Fsp3) is 0.929. The first-order valence-corrected chi connectivity index (χ1v) is 7.16. The molecule has 2 bridgehead atoms. The molecule has 2 aliphatic rings. The van der Waals surface area contributed by atoms with E-state index in [1.807, 2.05) is 0 Å². The van der Waals surface area contributed by atoms with E-state index in [1.165, 1.54) is 25.7 Å². The first-order chi connectivity index (χ1) is 8.63. The summed E-state index contributed by atoms with van der Waals surface area (Å²) < 4.78 is 5.14. The van der Waals surface area contributed by atoms with Crippen molar-refractivity contribution >= 4 is 5.91 Å². The van der Waals surface area contributed by atoms with E-state index in [0.29, 0.717) is 24.9 Å². The molecule has 2 aliphatic carbocycles. The van der Waals surface area contributed by atoms with E-state index in [-0.39, 0.29) is 12.0 Å². The van der Waals surface area contributed by atoms with Gasteiger partial charge < -0.3 is 15.8 Å². The molecule has 1 amide bonds. The molecule has 18 heavy (non-hydrogen) atoms. The van der Waals surface area contributed by atoms with Gasteiger partial charge in [0.1, 0.15) is 0 Å². The van der Waals surface area contributed by atoms with Crippen molar-refractivity contribution < 1.29 is 9.53 Å². The average Bonchev–Trinajstić information content (AvgIpc) is 2.97. The molecule has 5 unspecified atom stereocenters. The molecule has 3 N–H and O–H groups in total. The Morgan fingerprint density at radius 2 is 2.22 bits per heavy atom. The largest absolute Gasteiger partial charge is 0.380 e. The van der Waals surface area contributed by atoms with Crippen molar-refractivity contribution in [2.24, 2.45) is 23.5 Å². The van der Waals surface area contributed by atoms with Gasteiger partial charge in [0, 0.05) is 19.7 Å². The van der Waals surface area contributed by atoms with Gasteiger partial charge in [0.2, 0.25) is 5.91 Å². The summed E-state index contributed by atoms with van der Waals surface area (Å²) in [5.41, 5.74) is 5.53. The topological polar surface area (TPSA) is 64.3 Å². The first kappa shape index (κ1) is 13.8. The second-order valence-corrected chi connectivity index (χ2v) is 5.99. The standard InChI is InChI=1S/C14H26N2O2/c1-9(13-6-10-3-4-11(13)5-10)16-14(17)7-12(8-15)18-2/h9-13H,3-8,15H2,1-2H3,(H,16,17). The van der Waals surface area contributed by atoms with E-state index < -0.39 is 0 Å². The third-order valence-corrected chi connectivity index (χ3v) is 4.83. The van der Waals surface area contributed by atoms with Crippen LogP contribution < -0.4 is 11.1 Å². The van der Waals surface area contributed by atoms with Gasteiger partial charge in [-0.3, -0.25) is 4.79 Å². The highest BCUT2D eigenvalue weighted by Gasteiger charge is 2.42. The molecule has 0 radical (unpaired) electrons. The van der Waals surface area contributed by atoms with E-state index in [1.54, 1.807) is 7.11 Å². The number of ether oxygens (including phenoxy) is 1. The van der Waals surface area contributed by atoms with E-state index >= 15 is 0 Å². The summed E-state index contributed by atoms with van der Waals surface area (Å²) in [6, 6.07) is 0.295. The van der Waals surface area contributed by atoms with Crippen LogP contribution in [0, 0.1) is 17.8 Å². The third kappa shape index (κ3) is 3.04. The number of amides is 1. The predicted molar refractivity (Wildman–Crippen MR) is 71.0 cm³/mol. The number of nitrogens with one attached hydrogen (secondary N) is 1. The summed E-state index contributed by atoms with van der Waals surface area (Å²) >= 11 is 0. The number of methoxy groups -OCH3 is 1. The van der Waals surface area contributed by atoms with Gasteiger partial charge >= 0.3 is 0 Å². The van der Waals surface area contributed by atoms with E-state index in [2.05, 4.69) is 12.2 Å². The summed E-state index contributed by atoms with van der Waals surface area (Å²) in [4.78, 5) is 11.9. The molecule has 0 heterocycles. The number of carbonyl (C=O) groups excluding carboxylic acids is 1. The maximum atomic E-state index is 11.9. The molecule has 0 aliphatic heterocycles. The van der Waals surface area contributed by atoms with Gasteiger partial charge in [-0.05, 0) is 43.9 Å². The fourth-order valence-corrected chi connectivity index (χ4v) is 3.80. The maximum Gasteiger partial charge on any atom is 0.222 e. The second kappa shape index (κ2) is 6.02. The van der Waals surface area contributed by atoms with E-state index in [4.69, 9.17) is 10.5 Å². The van der Waals surface area contributed by atoms with Crippen LogP contribution in [0.3, 0.4) is 0 Å². The Balaban J connectivity index is 1.77. The molecule has 4 heteroatoms. The van der Waals surface area contributed by atoms with Gasteiger partial charge in [0.25, 0.3) is 0 Å². The second-order valence-electron chi connectivity index (χ2n) is 5.99. The Morgan fingerprint density at radius 1 is 1.44 bits per heavy atom. The zero-order valence-electron chi connectivity index (χ0n) is 11.5. The van der Waals surface area contributed by atoms with Crippen LogP contribution in [0.2, 0.25) is 0 Å². The monoisotopic (exact) mass is 254 g/mol. The van der Waals surface area contributed by atoms with Gasteiger partial charge in [-0.15, -0.1) is 0 Å². The number of carbonyl (C=O) groups is 1. The van der Waals surface area contributed by atoms with Gasteiger partial charge in [-0.1, -0.05) is 6.42 Å². The van der Waals surface area contributed by atoms with Gasteiger partial charge in [0.05, 0.1) is 12.5 Å². The number of hydrogen-bond acceptors (Lipinski definition) is 3. The minimum Gasteiger partial charge on any atom is -0.380 e. The molecule has 0 aromatic rings. The van der Waals surface area contributed by atoms with Crippen molar-refractivity contribution in [2.45, 2.75) is 51.2 Å². The number of nitrogens with two attached hydrogens (primary N) is 1. The lowest BCUT2D eigenvalue weighted by molar-refractivity contribution is -0.124. The van der Waals surface area contributed by atoms with Gasteiger partial charge in [-0.2, -0.15) is 0 Å². The molecular formula is C14H26N2O2. The van der Waals surface area contributed by atoms with Crippen LogP contribution in [0.15, 0.2) is 0 Å². The Labute approximate surface area is 110 Å². The predicted octanol–water partition coefficient (Wildman–Crippen LogP) is 1.29. The SMILES string of the molecule is COC(CN)CC(=O)NC(C)C1CC2CCC1C2. The zero-order chi connectivity index (χ0) is 13.1. The van der Waals surface area contributed by atoms with Crippen molar-refractivity contribution in [2.75, 3.05) is 13.7 Å². The van der Waals surface area contributed by atoms with Crippen molar-refractivity contribution in [1.82, 2.24) is 5.32 Å². The summed E-state index contributed by atoms with van der Waals surface area (Å²) in [6.45, 7) is 2.54. The van der Waals surface area contributed by atoms with Crippen LogP contribution in [0.5, 0.6) is 0 Å². The molecule has 2 rings (SSSR count). The minimum absolute atomic E-state index is 0.0718. The molecular weight excluding hydrogens is 228 g/mol. The average molecular weight is 254 g/mol. The van der Waals surface area contributed by atoms with Crippen LogP contribution in [-0.2, 0) is 9.53 Å². The molecule has 4 nitrogen and oxygen atoms in total. The van der Waals surface area contributed by atoms with Crippen LogP contribution >= 0.6 is 0 Å². The fourth-order valence-electron chi connectivity index (χ4n) is 3.80. The Morgan fingerprint density at radius 3 is 2.72 bits per heavy atom. The number of hydrogen-bond donors (Lipinski definition) is 2. The van der Waals surface area contributed by atoms with Crippen molar-refractivity contribution in [3.63, 3.8) is 0 Å². The number of rotatable bonds is 6. The lowest BCUT2D eigenvalue weighted by Gasteiger charge is -2.29. The van der Waals surface area contributed by atoms with Crippen molar-refractivity contribution in [1.29, 1.82) is 0 Å². The molecule has 0 spiro atoms. The maximum absolute atomic E-state index is 11.9. The zero-order valence-corrected chi connectivity index (χ0v) is 11.5. The highest BCUT2D eigenvalue weighted by atomic mass is 16.5. The smallest absolute Gasteiger partial charge is 0.222 e. The van der Waals surface area contributed by atoms with Crippen molar-refractivity contribution in [3.05, 3.63) is 0 Å². The highest BCUT2D eigenvalue weighted by Crippen LogP contribution is 2.49. The van der Waals surface area contributed by atoms with Gasteiger partial charge in [-0.25, -0.2) is 0 Å². The van der Waals surface area contributed by atoms with Crippen molar-refractivity contribution in [3.8, 4) is 0 Å². The first-order valence-electron chi connectivity index (χ1n) is 7.16.